The Morgan fingerprint density at radius 2 is 2.15 bits per heavy atom. The lowest BCUT2D eigenvalue weighted by atomic mass is 10.0. The fourth-order valence-electron chi connectivity index (χ4n) is 3.19. The molecule has 0 saturated carbocycles. The van der Waals surface area contributed by atoms with Crippen LogP contribution < -0.4 is 16.0 Å². The molecule has 4 N–H and O–H groups in total. The van der Waals surface area contributed by atoms with Crippen LogP contribution in [-0.2, 0) is 16.1 Å². The summed E-state index contributed by atoms with van der Waals surface area (Å²) in [5.41, 5.74) is 10.3. The van der Waals surface area contributed by atoms with Crippen molar-refractivity contribution in [2.45, 2.75) is 19.1 Å². The quantitative estimate of drug-likeness (QED) is 0.672. The number of carbonyl (C=O) groups excluding carboxylic acids is 2. The third-order valence-electron chi connectivity index (χ3n) is 4.40. The SMILES string of the molecule is COc1ccc(CN2CC(OC(N)=O)CC2=O)cc1-c1cccc(NO)c1. The number of carbonyl (C=O) groups is 2. The van der Waals surface area contributed by atoms with Crippen molar-refractivity contribution in [3.8, 4) is 16.9 Å². The summed E-state index contributed by atoms with van der Waals surface area (Å²) in [7, 11) is 1.59. The smallest absolute Gasteiger partial charge is 0.404 e. The topological polar surface area (TPSA) is 114 Å². The third-order valence-corrected chi connectivity index (χ3v) is 4.40. The van der Waals surface area contributed by atoms with Gasteiger partial charge in [-0.25, -0.2) is 4.79 Å². The van der Waals surface area contributed by atoms with E-state index in [4.69, 9.17) is 20.4 Å². The van der Waals surface area contributed by atoms with Crippen molar-refractivity contribution in [3.05, 3.63) is 48.0 Å². The summed E-state index contributed by atoms with van der Waals surface area (Å²) in [5.74, 6) is 0.585. The van der Waals surface area contributed by atoms with E-state index in [9.17, 15) is 9.59 Å². The van der Waals surface area contributed by atoms with Gasteiger partial charge in [0, 0.05) is 12.1 Å². The van der Waals surface area contributed by atoms with Crippen molar-refractivity contribution in [2.24, 2.45) is 5.73 Å². The van der Waals surface area contributed by atoms with Crippen molar-refractivity contribution in [1.82, 2.24) is 4.90 Å². The summed E-state index contributed by atoms with van der Waals surface area (Å²) in [4.78, 5) is 24.7. The number of hydrogen-bond acceptors (Lipinski definition) is 6. The molecule has 3 rings (SSSR count). The highest BCUT2D eigenvalue weighted by Gasteiger charge is 2.31. The second kappa shape index (κ2) is 7.96. The van der Waals surface area contributed by atoms with E-state index in [1.807, 2.05) is 30.3 Å². The standard InChI is InChI=1S/C19H21N3O5/c1-26-17-6-5-12(7-16(17)13-3-2-4-14(8-13)21-25)10-22-11-15(9-18(22)23)27-19(20)24/h2-8,15,21,25H,9-11H2,1H3,(H2,20,24). The maximum absolute atomic E-state index is 12.2. The van der Waals surface area contributed by atoms with E-state index in [1.54, 1.807) is 24.1 Å². The predicted molar refractivity (Wildman–Crippen MR) is 98.3 cm³/mol. The molecule has 1 aliphatic rings. The van der Waals surface area contributed by atoms with Crippen LogP contribution in [0.5, 0.6) is 5.75 Å². The third kappa shape index (κ3) is 4.29. The Labute approximate surface area is 156 Å². The minimum Gasteiger partial charge on any atom is -0.496 e. The number of nitrogens with two attached hydrogens (primary N) is 1. The van der Waals surface area contributed by atoms with Crippen LogP contribution in [0.1, 0.15) is 12.0 Å². The van der Waals surface area contributed by atoms with Gasteiger partial charge in [0.15, 0.2) is 0 Å². The van der Waals surface area contributed by atoms with E-state index in [0.717, 1.165) is 16.7 Å². The normalized spacial score (nSPS) is 16.3. The number of nitrogens with one attached hydrogen (secondary N) is 1. The molecule has 27 heavy (non-hydrogen) atoms. The molecular weight excluding hydrogens is 350 g/mol. The summed E-state index contributed by atoms with van der Waals surface area (Å²) >= 11 is 0. The van der Waals surface area contributed by atoms with Crippen molar-refractivity contribution in [1.29, 1.82) is 0 Å². The molecule has 0 spiro atoms. The molecule has 1 unspecified atom stereocenters. The Morgan fingerprint density at radius 3 is 2.85 bits per heavy atom. The number of likely N-dealkylation sites (tertiary alicyclic amines) is 1. The summed E-state index contributed by atoms with van der Waals surface area (Å²) in [6.07, 6.45) is -1.25. The Balaban J connectivity index is 1.83. The van der Waals surface area contributed by atoms with Gasteiger partial charge in [0.25, 0.3) is 0 Å². The molecule has 1 atom stereocenters. The van der Waals surface area contributed by atoms with E-state index < -0.39 is 12.2 Å². The Hall–Kier alpha value is -3.26. The molecule has 0 aliphatic carbocycles. The first kappa shape index (κ1) is 18.5. The summed E-state index contributed by atoms with van der Waals surface area (Å²) in [6.45, 7) is 0.694. The van der Waals surface area contributed by atoms with E-state index in [1.165, 1.54) is 0 Å². The molecule has 142 valence electrons. The van der Waals surface area contributed by atoms with Crippen LogP contribution in [-0.4, -0.2) is 41.9 Å². The molecule has 1 aliphatic heterocycles. The zero-order chi connectivity index (χ0) is 19.4. The second-order valence-electron chi connectivity index (χ2n) is 6.26. The van der Waals surface area contributed by atoms with Gasteiger partial charge in [-0.1, -0.05) is 18.2 Å². The summed E-state index contributed by atoms with van der Waals surface area (Å²) in [6, 6.07) is 12.9. The van der Waals surface area contributed by atoms with E-state index in [2.05, 4.69) is 5.48 Å². The molecule has 2 amide bonds. The molecule has 2 aromatic carbocycles. The molecule has 0 radical (unpaired) electrons. The number of nitrogens with zero attached hydrogens (tertiary/aromatic N) is 1. The lowest BCUT2D eigenvalue weighted by Crippen LogP contribution is -2.28. The maximum atomic E-state index is 12.2. The van der Waals surface area contributed by atoms with Gasteiger partial charge in [-0.2, -0.15) is 0 Å². The lowest BCUT2D eigenvalue weighted by Gasteiger charge is -2.18. The number of hydrogen-bond donors (Lipinski definition) is 3. The number of amides is 2. The Morgan fingerprint density at radius 1 is 1.33 bits per heavy atom. The van der Waals surface area contributed by atoms with Gasteiger partial charge in [0.05, 0.1) is 25.8 Å². The van der Waals surface area contributed by atoms with Crippen LogP contribution in [0.15, 0.2) is 42.5 Å². The Kier molecular flexibility index (Phi) is 5.46. The molecule has 1 heterocycles. The lowest BCUT2D eigenvalue weighted by molar-refractivity contribution is -0.128. The monoisotopic (exact) mass is 371 g/mol. The highest BCUT2D eigenvalue weighted by atomic mass is 16.6. The van der Waals surface area contributed by atoms with Gasteiger partial charge < -0.3 is 20.1 Å². The van der Waals surface area contributed by atoms with Gasteiger partial charge >= 0.3 is 6.09 Å². The molecular formula is C19H21N3O5. The minimum atomic E-state index is -0.876. The van der Waals surface area contributed by atoms with E-state index in [0.29, 0.717) is 24.5 Å². The molecule has 0 bridgehead atoms. The van der Waals surface area contributed by atoms with Gasteiger partial charge in [0.1, 0.15) is 11.9 Å². The molecule has 1 saturated heterocycles. The fraction of sp³-hybridized carbons (Fsp3) is 0.263. The van der Waals surface area contributed by atoms with E-state index >= 15 is 0 Å². The van der Waals surface area contributed by atoms with Crippen molar-refractivity contribution >= 4 is 17.7 Å². The van der Waals surface area contributed by atoms with Gasteiger partial charge in [0.2, 0.25) is 5.91 Å². The van der Waals surface area contributed by atoms with Crippen LogP contribution in [0, 0.1) is 0 Å². The zero-order valence-electron chi connectivity index (χ0n) is 14.8. The van der Waals surface area contributed by atoms with Crippen molar-refractivity contribution < 1.29 is 24.3 Å². The number of methoxy groups -OCH3 is 1. The molecule has 8 nitrogen and oxygen atoms in total. The highest BCUT2D eigenvalue weighted by molar-refractivity contribution is 5.80. The zero-order valence-corrected chi connectivity index (χ0v) is 14.8. The van der Waals surface area contributed by atoms with Crippen LogP contribution in [0.2, 0.25) is 0 Å². The highest BCUT2D eigenvalue weighted by Crippen LogP contribution is 2.33. The number of ether oxygens (including phenoxy) is 2. The minimum absolute atomic E-state index is 0.0925. The fourth-order valence-corrected chi connectivity index (χ4v) is 3.19. The number of benzene rings is 2. The van der Waals surface area contributed by atoms with Gasteiger partial charge in [-0.3, -0.25) is 15.5 Å². The van der Waals surface area contributed by atoms with Crippen LogP contribution >= 0.6 is 0 Å². The van der Waals surface area contributed by atoms with Crippen LogP contribution in [0.4, 0.5) is 10.5 Å². The summed E-state index contributed by atoms with van der Waals surface area (Å²) < 4.78 is 10.4. The average molecular weight is 371 g/mol. The molecule has 0 aromatic heterocycles. The Bertz CT molecular complexity index is 855. The number of rotatable bonds is 6. The first-order valence-corrected chi connectivity index (χ1v) is 8.41. The van der Waals surface area contributed by atoms with Gasteiger partial charge in [-0.15, -0.1) is 0 Å². The first-order chi connectivity index (χ1) is 13.0. The first-order valence-electron chi connectivity index (χ1n) is 8.41. The molecule has 8 heteroatoms. The maximum Gasteiger partial charge on any atom is 0.404 e. The van der Waals surface area contributed by atoms with Crippen molar-refractivity contribution in [3.63, 3.8) is 0 Å². The predicted octanol–water partition coefficient (Wildman–Crippen LogP) is 2.36. The second-order valence-corrected chi connectivity index (χ2v) is 6.26. The average Bonchev–Trinajstić information content (AvgIpc) is 2.99. The van der Waals surface area contributed by atoms with Crippen LogP contribution in [0.25, 0.3) is 11.1 Å². The largest absolute Gasteiger partial charge is 0.496 e. The van der Waals surface area contributed by atoms with Crippen molar-refractivity contribution in [2.75, 3.05) is 19.1 Å². The summed E-state index contributed by atoms with van der Waals surface area (Å²) in [5, 5.41) is 9.13. The molecule has 1 fully saturated rings. The molecule has 2 aromatic rings. The van der Waals surface area contributed by atoms with Crippen LogP contribution in [0.3, 0.4) is 0 Å². The van der Waals surface area contributed by atoms with E-state index in [-0.39, 0.29) is 12.3 Å². The number of anilines is 1. The number of primary amides is 1. The van der Waals surface area contributed by atoms with Gasteiger partial charge in [-0.05, 0) is 35.4 Å².